The molecule has 5 rings (SSSR count). The Kier molecular flexibility index (Phi) is 6.21. The lowest BCUT2D eigenvalue weighted by Gasteiger charge is -2.27. The van der Waals surface area contributed by atoms with Crippen LogP contribution in [0.2, 0.25) is 0 Å². The fourth-order valence-electron chi connectivity index (χ4n) is 4.36. The van der Waals surface area contributed by atoms with Crippen molar-refractivity contribution in [3.63, 3.8) is 0 Å². The van der Waals surface area contributed by atoms with E-state index in [1.807, 2.05) is 66.9 Å². The number of hydrazone groups is 1. The van der Waals surface area contributed by atoms with E-state index >= 15 is 0 Å². The molecule has 2 aliphatic rings. The number of aromatic nitrogens is 2. The SMILES string of the molecule is O=C(NCc1cn(-c2ccccc2)nc1-c1ccccc1)C1=NN(C2CCS(=O)(=O)C2)C(=O)CC1. The average Bonchev–Trinajstić information content (AvgIpc) is 3.47. The van der Waals surface area contributed by atoms with Crippen LogP contribution in [0.15, 0.2) is 72.0 Å². The average molecular weight is 492 g/mol. The third kappa shape index (κ3) is 5.02. The minimum absolute atomic E-state index is 0.0339. The van der Waals surface area contributed by atoms with Crippen LogP contribution in [0.5, 0.6) is 0 Å². The smallest absolute Gasteiger partial charge is 0.267 e. The highest BCUT2D eigenvalue weighted by atomic mass is 32.2. The molecule has 1 saturated heterocycles. The van der Waals surface area contributed by atoms with Gasteiger partial charge in [-0.25, -0.2) is 18.1 Å². The summed E-state index contributed by atoms with van der Waals surface area (Å²) in [5, 5.41) is 13.1. The van der Waals surface area contributed by atoms with Crippen LogP contribution in [0.4, 0.5) is 0 Å². The van der Waals surface area contributed by atoms with Crippen LogP contribution in [0, 0.1) is 0 Å². The molecule has 10 heteroatoms. The lowest BCUT2D eigenvalue weighted by molar-refractivity contribution is -0.133. The molecule has 1 aromatic heterocycles. The van der Waals surface area contributed by atoms with Gasteiger partial charge in [0.1, 0.15) is 5.71 Å². The number of nitrogens with one attached hydrogen (secondary N) is 1. The largest absolute Gasteiger partial charge is 0.347 e. The van der Waals surface area contributed by atoms with E-state index in [9.17, 15) is 18.0 Å². The molecule has 1 fully saturated rings. The Bertz CT molecular complexity index is 1380. The summed E-state index contributed by atoms with van der Waals surface area (Å²) >= 11 is 0. The molecule has 1 unspecified atom stereocenters. The lowest BCUT2D eigenvalue weighted by Crippen LogP contribution is -2.43. The summed E-state index contributed by atoms with van der Waals surface area (Å²) in [6.45, 7) is 0.223. The maximum absolute atomic E-state index is 13.0. The Balaban J connectivity index is 1.36. The van der Waals surface area contributed by atoms with Gasteiger partial charge in [-0.15, -0.1) is 0 Å². The molecule has 180 valence electrons. The number of hydrogen-bond donors (Lipinski definition) is 1. The molecule has 3 aromatic rings. The van der Waals surface area contributed by atoms with E-state index in [1.165, 1.54) is 5.01 Å². The van der Waals surface area contributed by atoms with Gasteiger partial charge >= 0.3 is 0 Å². The number of hydrogen-bond acceptors (Lipinski definition) is 6. The van der Waals surface area contributed by atoms with Crippen molar-refractivity contribution in [3.05, 3.63) is 72.4 Å². The number of carbonyl (C=O) groups excluding carboxylic acids is 2. The topological polar surface area (TPSA) is 114 Å². The van der Waals surface area contributed by atoms with Crippen molar-refractivity contribution in [1.29, 1.82) is 0 Å². The first-order valence-electron chi connectivity index (χ1n) is 11.5. The molecule has 9 nitrogen and oxygen atoms in total. The highest BCUT2D eigenvalue weighted by Gasteiger charge is 2.37. The van der Waals surface area contributed by atoms with Gasteiger partial charge in [0.05, 0.1) is 28.9 Å². The summed E-state index contributed by atoms with van der Waals surface area (Å²) in [6.07, 6.45) is 2.57. The number of sulfone groups is 1. The molecule has 0 radical (unpaired) electrons. The molecule has 0 bridgehead atoms. The molecule has 0 aliphatic carbocycles. The van der Waals surface area contributed by atoms with Gasteiger partial charge < -0.3 is 5.32 Å². The van der Waals surface area contributed by atoms with Crippen molar-refractivity contribution < 1.29 is 18.0 Å². The van der Waals surface area contributed by atoms with Gasteiger partial charge in [-0.3, -0.25) is 9.59 Å². The summed E-state index contributed by atoms with van der Waals surface area (Å²) < 4.78 is 25.5. The van der Waals surface area contributed by atoms with Crippen LogP contribution >= 0.6 is 0 Å². The van der Waals surface area contributed by atoms with Crippen molar-refractivity contribution in [3.8, 4) is 16.9 Å². The second-order valence-electron chi connectivity index (χ2n) is 8.67. The zero-order chi connectivity index (χ0) is 24.4. The highest BCUT2D eigenvalue weighted by Crippen LogP contribution is 2.24. The standard InChI is InChI=1S/C25H25N5O4S/c31-23-12-11-22(27-30(23)21-13-14-35(33,34)17-21)25(32)26-15-19-16-29(20-9-5-2-6-10-20)28-24(19)18-7-3-1-4-8-18/h1-10,16,21H,11-15,17H2,(H,26,32). The zero-order valence-corrected chi connectivity index (χ0v) is 19.8. The van der Waals surface area contributed by atoms with Gasteiger partial charge in [0.15, 0.2) is 9.84 Å². The minimum atomic E-state index is -3.18. The fourth-order valence-corrected chi connectivity index (χ4v) is 6.05. The predicted molar refractivity (Wildman–Crippen MR) is 131 cm³/mol. The Morgan fingerprint density at radius 1 is 1.03 bits per heavy atom. The van der Waals surface area contributed by atoms with E-state index < -0.39 is 15.9 Å². The molecule has 1 N–H and O–H groups in total. The fraction of sp³-hybridized carbons (Fsp3) is 0.280. The van der Waals surface area contributed by atoms with Crippen molar-refractivity contribution in [2.75, 3.05) is 11.5 Å². The molecule has 1 atom stereocenters. The van der Waals surface area contributed by atoms with Gasteiger partial charge in [0, 0.05) is 36.7 Å². The Labute approximate surface area is 203 Å². The number of rotatable bonds is 6. The first-order chi connectivity index (χ1) is 16.9. The van der Waals surface area contributed by atoms with Crippen molar-refractivity contribution in [2.45, 2.75) is 31.8 Å². The molecule has 3 heterocycles. The number of nitrogens with zero attached hydrogens (tertiary/aromatic N) is 4. The summed E-state index contributed by atoms with van der Waals surface area (Å²) in [4.78, 5) is 25.3. The van der Waals surface area contributed by atoms with Gasteiger partial charge in [0.2, 0.25) is 5.91 Å². The van der Waals surface area contributed by atoms with E-state index in [4.69, 9.17) is 5.10 Å². The summed E-state index contributed by atoms with van der Waals surface area (Å²) in [7, 11) is -3.18. The predicted octanol–water partition coefficient (Wildman–Crippen LogP) is 2.32. The second kappa shape index (κ2) is 9.46. The first kappa shape index (κ1) is 23.0. The van der Waals surface area contributed by atoms with Gasteiger partial charge in [-0.05, 0) is 18.6 Å². The van der Waals surface area contributed by atoms with Gasteiger partial charge in [-0.2, -0.15) is 10.2 Å². The van der Waals surface area contributed by atoms with E-state index in [-0.39, 0.29) is 48.4 Å². The van der Waals surface area contributed by atoms with Crippen molar-refractivity contribution >= 4 is 27.4 Å². The van der Waals surface area contributed by atoms with Crippen LogP contribution in [0.3, 0.4) is 0 Å². The molecular weight excluding hydrogens is 466 g/mol. The first-order valence-corrected chi connectivity index (χ1v) is 13.3. The molecule has 0 saturated carbocycles. The zero-order valence-electron chi connectivity index (χ0n) is 19.0. The molecule has 2 aliphatic heterocycles. The number of para-hydroxylation sites is 1. The number of carbonyl (C=O) groups is 2. The Morgan fingerprint density at radius 3 is 2.43 bits per heavy atom. The lowest BCUT2D eigenvalue weighted by atomic mass is 10.1. The van der Waals surface area contributed by atoms with Gasteiger partial charge in [0.25, 0.3) is 5.91 Å². The Morgan fingerprint density at radius 2 is 1.74 bits per heavy atom. The molecule has 2 amide bonds. The van der Waals surface area contributed by atoms with E-state index in [0.29, 0.717) is 6.42 Å². The molecule has 0 spiro atoms. The maximum Gasteiger partial charge on any atom is 0.267 e. The van der Waals surface area contributed by atoms with E-state index in [0.717, 1.165) is 22.5 Å². The van der Waals surface area contributed by atoms with Crippen LogP contribution in [0.25, 0.3) is 16.9 Å². The van der Waals surface area contributed by atoms with Crippen LogP contribution in [-0.2, 0) is 26.0 Å². The minimum Gasteiger partial charge on any atom is -0.347 e. The van der Waals surface area contributed by atoms with E-state index in [1.54, 1.807) is 4.68 Å². The molecule has 35 heavy (non-hydrogen) atoms. The monoisotopic (exact) mass is 491 g/mol. The third-order valence-electron chi connectivity index (χ3n) is 6.17. The normalized spacial score (nSPS) is 19.4. The Hall–Kier alpha value is -3.79. The van der Waals surface area contributed by atoms with Crippen LogP contribution < -0.4 is 5.32 Å². The number of benzene rings is 2. The molecule has 2 aromatic carbocycles. The second-order valence-corrected chi connectivity index (χ2v) is 10.9. The van der Waals surface area contributed by atoms with Crippen LogP contribution in [0.1, 0.15) is 24.8 Å². The quantitative estimate of drug-likeness (QED) is 0.569. The maximum atomic E-state index is 13.0. The third-order valence-corrected chi connectivity index (χ3v) is 7.92. The number of amides is 2. The summed E-state index contributed by atoms with van der Waals surface area (Å²) in [6, 6.07) is 18.9. The summed E-state index contributed by atoms with van der Waals surface area (Å²) in [5.74, 6) is -0.712. The summed E-state index contributed by atoms with van der Waals surface area (Å²) in [5.41, 5.74) is 3.65. The van der Waals surface area contributed by atoms with Crippen molar-refractivity contribution in [1.82, 2.24) is 20.1 Å². The van der Waals surface area contributed by atoms with Crippen molar-refractivity contribution in [2.24, 2.45) is 5.10 Å². The highest BCUT2D eigenvalue weighted by molar-refractivity contribution is 7.91. The van der Waals surface area contributed by atoms with Crippen LogP contribution in [-0.4, -0.2) is 58.3 Å². The van der Waals surface area contributed by atoms with Gasteiger partial charge in [-0.1, -0.05) is 48.5 Å². The molecular formula is C25H25N5O4S. The van der Waals surface area contributed by atoms with E-state index in [2.05, 4.69) is 10.4 Å².